The van der Waals surface area contributed by atoms with E-state index in [9.17, 15) is 19.8 Å². The van der Waals surface area contributed by atoms with Crippen molar-refractivity contribution in [3.05, 3.63) is 53.3 Å². The quantitative estimate of drug-likeness (QED) is 0.192. The molecule has 15 heteroatoms. The third-order valence-electron chi connectivity index (χ3n) is 8.39. The lowest BCUT2D eigenvalue weighted by atomic mass is 9.79. The van der Waals surface area contributed by atoms with Gasteiger partial charge in [0, 0.05) is 18.7 Å². The summed E-state index contributed by atoms with van der Waals surface area (Å²) >= 11 is 0. The molecule has 4 atom stereocenters. The zero-order valence-electron chi connectivity index (χ0n) is 22.5. The van der Waals surface area contributed by atoms with Crippen LogP contribution < -0.4 is 32.2 Å². The van der Waals surface area contributed by atoms with Crippen molar-refractivity contribution >= 4 is 23.7 Å². The van der Waals surface area contributed by atoms with Gasteiger partial charge in [0.15, 0.2) is 17.6 Å². The van der Waals surface area contributed by atoms with Crippen molar-refractivity contribution in [2.24, 2.45) is 21.5 Å². The average molecular weight is 565 g/mol. The molecular formula is C26H32N10O5. The second-order valence-corrected chi connectivity index (χ2v) is 11.3. The summed E-state index contributed by atoms with van der Waals surface area (Å²) < 4.78 is 5.89. The van der Waals surface area contributed by atoms with Crippen molar-refractivity contribution in [2.45, 2.75) is 55.3 Å². The van der Waals surface area contributed by atoms with Gasteiger partial charge in [0.2, 0.25) is 5.79 Å². The van der Waals surface area contributed by atoms with E-state index >= 15 is 0 Å². The molecule has 1 spiro atoms. The van der Waals surface area contributed by atoms with E-state index in [0.29, 0.717) is 12.4 Å². The summed E-state index contributed by atoms with van der Waals surface area (Å²) in [5, 5.41) is 39.2. The van der Waals surface area contributed by atoms with E-state index in [1.165, 1.54) is 23.4 Å². The number of carbonyl (C=O) groups excluding carboxylic acids is 2. The smallest absolute Gasteiger partial charge is 0.255 e. The molecule has 5 heterocycles. The molecule has 0 saturated carbocycles. The van der Waals surface area contributed by atoms with Crippen LogP contribution >= 0.6 is 0 Å². The fourth-order valence-corrected chi connectivity index (χ4v) is 6.16. The highest BCUT2D eigenvalue weighted by Crippen LogP contribution is 2.45. The first kappa shape index (κ1) is 26.7. The number of benzene rings is 1. The number of carbonyl (C=O) groups is 2. The Kier molecular flexibility index (Phi) is 6.04. The minimum Gasteiger partial charge on any atom is -0.492 e. The van der Waals surface area contributed by atoms with E-state index in [2.05, 4.69) is 50.0 Å². The highest BCUT2D eigenvalue weighted by atomic mass is 16.5. The number of aromatic nitrogens is 2. The number of aliphatic hydroxyl groups is 2. The van der Waals surface area contributed by atoms with Crippen molar-refractivity contribution in [2.75, 3.05) is 19.7 Å². The average Bonchev–Trinajstić information content (AvgIpc) is 3.41. The van der Waals surface area contributed by atoms with Gasteiger partial charge in [-0.1, -0.05) is 26.0 Å². The van der Waals surface area contributed by atoms with E-state index in [0.717, 1.165) is 12.0 Å². The third kappa shape index (κ3) is 4.02. The first-order valence-electron chi connectivity index (χ1n) is 13.2. The summed E-state index contributed by atoms with van der Waals surface area (Å²) in [5.41, 5.74) is 11.9. The van der Waals surface area contributed by atoms with Gasteiger partial charge in [0.25, 0.3) is 11.8 Å². The van der Waals surface area contributed by atoms with Gasteiger partial charge in [-0.25, -0.2) is 9.98 Å². The van der Waals surface area contributed by atoms with E-state index in [1.807, 2.05) is 6.07 Å². The number of para-hydroxylation sites is 1. The SMILES string of the molecule is CC1(C)CCOc2c(C(=O)N[C@H]3CN4C(N)=N[C@@H](CNC(=O)c5ccnnc5)[C@@H]5N=C(N)N[C@@]54C3(O)O)cccc21. The molecule has 1 saturated heterocycles. The topological polar surface area (TPSA) is 226 Å². The number of aliphatic imine (C=N–C) groups is 2. The molecule has 0 unspecified atom stereocenters. The van der Waals surface area contributed by atoms with Crippen LogP contribution in [-0.4, -0.2) is 98.3 Å². The number of hydrogen-bond acceptors (Lipinski definition) is 13. The van der Waals surface area contributed by atoms with Crippen molar-refractivity contribution < 1.29 is 24.5 Å². The molecule has 15 nitrogen and oxygen atoms in total. The number of guanidine groups is 2. The molecule has 1 fully saturated rings. The summed E-state index contributed by atoms with van der Waals surface area (Å²) in [6.07, 6.45) is 3.51. The largest absolute Gasteiger partial charge is 0.492 e. The van der Waals surface area contributed by atoms with Crippen LogP contribution in [0.4, 0.5) is 0 Å². The molecule has 6 rings (SSSR count). The Morgan fingerprint density at radius 2 is 1.98 bits per heavy atom. The zero-order chi connectivity index (χ0) is 29.2. The fraction of sp³-hybridized carbons (Fsp3) is 0.462. The lowest BCUT2D eigenvalue weighted by Gasteiger charge is -2.49. The summed E-state index contributed by atoms with van der Waals surface area (Å²) in [6.45, 7) is 4.48. The maximum Gasteiger partial charge on any atom is 0.255 e. The van der Waals surface area contributed by atoms with Gasteiger partial charge in [0.05, 0.1) is 36.2 Å². The minimum absolute atomic E-state index is 0.0325. The van der Waals surface area contributed by atoms with Crippen molar-refractivity contribution in [3.63, 3.8) is 0 Å². The number of nitrogens with two attached hydrogens (primary N) is 2. The van der Waals surface area contributed by atoms with Gasteiger partial charge in [-0.15, -0.1) is 0 Å². The van der Waals surface area contributed by atoms with Crippen LogP contribution in [0.25, 0.3) is 0 Å². The van der Waals surface area contributed by atoms with Crippen LogP contribution in [0.15, 0.2) is 46.6 Å². The number of rotatable bonds is 5. The summed E-state index contributed by atoms with van der Waals surface area (Å²) in [7, 11) is 0. The Bertz CT molecular complexity index is 1460. The van der Waals surface area contributed by atoms with E-state index < -0.39 is 41.4 Å². The number of nitrogens with one attached hydrogen (secondary N) is 3. The zero-order valence-corrected chi connectivity index (χ0v) is 22.5. The van der Waals surface area contributed by atoms with Gasteiger partial charge in [-0.3, -0.25) is 9.59 Å². The van der Waals surface area contributed by atoms with Gasteiger partial charge in [0.1, 0.15) is 17.8 Å². The Hall–Kier alpha value is -4.50. The predicted molar refractivity (Wildman–Crippen MR) is 146 cm³/mol. The van der Waals surface area contributed by atoms with Gasteiger partial charge in [-0.2, -0.15) is 10.2 Å². The van der Waals surface area contributed by atoms with Crippen LogP contribution in [-0.2, 0) is 5.41 Å². The summed E-state index contributed by atoms with van der Waals surface area (Å²) in [5.74, 6) is -3.21. The van der Waals surface area contributed by atoms with Crippen LogP contribution in [0.1, 0.15) is 46.5 Å². The van der Waals surface area contributed by atoms with Crippen molar-refractivity contribution in [1.82, 2.24) is 31.0 Å². The highest BCUT2D eigenvalue weighted by Gasteiger charge is 2.73. The molecule has 4 aliphatic heterocycles. The number of hydrogen-bond donors (Lipinski definition) is 7. The molecule has 2 amide bonds. The number of fused-ring (bicyclic) bond motifs is 1. The van der Waals surface area contributed by atoms with E-state index in [4.69, 9.17) is 16.2 Å². The monoisotopic (exact) mass is 564 g/mol. The molecule has 216 valence electrons. The maximum absolute atomic E-state index is 13.6. The van der Waals surface area contributed by atoms with Gasteiger partial charge in [-0.05, 0) is 24.0 Å². The van der Waals surface area contributed by atoms with Gasteiger partial charge < -0.3 is 47.3 Å². The summed E-state index contributed by atoms with van der Waals surface area (Å²) in [4.78, 5) is 36.5. The second-order valence-electron chi connectivity index (χ2n) is 11.3. The molecule has 41 heavy (non-hydrogen) atoms. The minimum atomic E-state index is -2.62. The lowest BCUT2D eigenvalue weighted by molar-refractivity contribution is -0.230. The van der Waals surface area contributed by atoms with Crippen LogP contribution in [0, 0.1) is 0 Å². The van der Waals surface area contributed by atoms with Crippen molar-refractivity contribution in [1.29, 1.82) is 0 Å². The fourth-order valence-electron chi connectivity index (χ4n) is 6.16. The van der Waals surface area contributed by atoms with Crippen molar-refractivity contribution in [3.8, 4) is 5.75 Å². The molecule has 1 aromatic carbocycles. The third-order valence-corrected chi connectivity index (χ3v) is 8.39. The standard InChI is InChI=1S/C26H32N10O5/c1-24(2)7-9-41-18-14(4-3-5-15(18)24)21(38)33-17-12-36-23(28)32-16(11-29-20(37)13-6-8-30-31-10-13)19-25(36,26(17,39)40)35-22(27)34-19/h3-6,8,10,16-17,19,39-40H,7,9,11-12H2,1-2H3,(H2,28,32)(H,29,37)(H,33,38)(H3,27,34,35)/t16-,17-,19-,25-/m0/s1. The van der Waals surface area contributed by atoms with E-state index in [-0.39, 0.29) is 41.6 Å². The summed E-state index contributed by atoms with van der Waals surface area (Å²) in [6, 6.07) is 3.82. The Morgan fingerprint density at radius 1 is 1.17 bits per heavy atom. The second kappa shape index (κ2) is 9.27. The molecule has 9 N–H and O–H groups in total. The van der Waals surface area contributed by atoms with Crippen LogP contribution in [0.5, 0.6) is 5.75 Å². The Labute approximate surface area is 235 Å². The Balaban J connectivity index is 1.27. The molecular weight excluding hydrogens is 532 g/mol. The van der Waals surface area contributed by atoms with Gasteiger partial charge >= 0.3 is 0 Å². The van der Waals surface area contributed by atoms with Crippen LogP contribution in [0.3, 0.4) is 0 Å². The first-order chi connectivity index (χ1) is 19.5. The number of ether oxygens (including phenoxy) is 1. The molecule has 2 aromatic rings. The number of nitrogens with zero attached hydrogens (tertiary/aromatic N) is 5. The molecule has 0 bridgehead atoms. The molecule has 0 radical (unpaired) electrons. The Morgan fingerprint density at radius 3 is 2.73 bits per heavy atom. The maximum atomic E-state index is 13.6. The predicted octanol–water partition coefficient (Wildman–Crippen LogP) is -2.26. The van der Waals surface area contributed by atoms with E-state index in [1.54, 1.807) is 12.1 Å². The molecule has 0 aliphatic carbocycles. The molecule has 4 aliphatic rings. The lowest BCUT2D eigenvalue weighted by Crippen LogP contribution is -2.78. The first-order valence-corrected chi connectivity index (χ1v) is 13.2. The highest BCUT2D eigenvalue weighted by molar-refractivity contribution is 5.98. The number of amides is 2. The van der Waals surface area contributed by atoms with Crippen LogP contribution in [0.2, 0.25) is 0 Å². The normalized spacial score (nSPS) is 28.6. The molecule has 1 aromatic heterocycles.